The molecule has 1 aliphatic rings. The SMILES string of the molecule is CC.Cc1ccc(C2(O)CC2)cc1. The van der Waals surface area contributed by atoms with E-state index < -0.39 is 5.60 Å². The van der Waals surface area contributed by atoms with Crippen molar-refractivity contribution in [2.45, 2.75) is 39.2 Å². The van der Waals surface area contributed by atoms with Crippen LogP contribution in [0.4, 0.5) is 0 Å². The van der Waals surface area contributed by atoms with E-state index in [1.54, 1.807) is 0 Å². The van der Waals surface area contributed by atoms with Gasteiger partial charge in [0.1, 0.15) is 0 Å². The molecule has 1 heteroatoms. The molecule has 1 aromatic carbocycles. The molecule has 2 rings (SSSR count). The Labute approximate surface area is 80.4 Å². The summed E-state index contributed by atoms with van der Waals surface area (Å²) in [5.41, 5.74) is 1.86. The lowest BCUT2D eigenvalue weighted by molar-refractivity contribution is 0.151. The third kappa shape index (κ3) is 2.31. The van der Waals surface area contributed by atoms with Crippen molar-refractivity contribution in [3.8, 4) is 0 Å². The second-order valence-electron chi connectivity index (χ2n) is 3.40. The zero-order chi connectivity index (χ0) is 9.90. The maximum absolute atomic E-state index is 9.69. The summed E-state index contributed by atoms with van der Waals surface area (Å²) in [4.78, 5) is 0. The summed E-state index contributed by atoms with van der Waals surface area (Å²) < 4.78 is 0. The molecule has 0 aliphatic heterocycles. The molecule has 0 atom stereocenters. The lowest BCUT2D eigenvalue weighted by atomic mass is 10.1. The van der Waals surface area contributed by atoms with Crippen molar-refractivity contribution in [3.05, 3.63) is 35.4 Å². The first kappa shape index (κ1) is 10.3. The van der Waals surface area contributed by atoms with Crippen molar-refractivity contribution in [2.24, 2.45) is 0 Å². The first-order valence-corrected chi connectivity index (χ1v) is 5.00. The van der Waals surface area contributed by atoms with E-state index in [0.29, 0.717) is 0 Å². The number of hydrogen-bond acceptors (Lipinski definition) is 1. The average Bonchev–Trinajstić information content (AvgIpc) is 2.89. The van der Waals surface area contributed by atoms with Gasteiger partial charge in [0.25, 0.3) is 0 Å². The van der Waals surface area contributed by atoms with Gasteiger partial charge >= 0.3 is 0 Å². The van der Waals surface area contributed by atoms with Gasteiger partial charge in [-0.25, -0.2) is 0 Å². The van der Waals surface area contributed by atoms with Gasteiger partial charge in [-0.2, -0.15) is 0 Å². The van der Waals surface area contributed by atoms with Crippen LogP contribution in [-0.4, -0.2) is 5.11 Å². The monoisotopic (exact) mass is 178 g/mol. The highest BCUT2D eigenvalue weighted by atomic mass is 16.3. The molecule has 0 unspecified atom stereocenters. The van der Waals surface area contributed by atoms with Crippen LogP contribution >= 0.6 is 0 Å². The smallest absolute Gasteiger partial charge is 0.0899 e. The molecule has 0 saturated heterocycles. The fourth-order valence-corrected chi connectivity index (χ4v) is 1.27. The number of rotatable bonds is 1. The maximum Gasteiger partial charge on any atom is 0.0899 e. The predicted octanol–water partition coefficient (Wildman–Crippen LogP) is 3.00. The highest BCUT2D eigenvalue weighted by Gasteiger charge is 2.41. The Hall–Kier alpha value is -0.820. The minimum Gasteiger partial charge on any atom is -0.385 e. The summed E-state index contributed by atoms with van der Waals surface area (Å²) >= 11 is 0. The fourth-order valence-electron chi connectivity index (χ4n) is 1.27. The molecule has 1 aliphatic carbocycles. The second-order valence-corrected chi connectivity index (χ2v) is 3.40. The van der Waals surface area contributed by atoms with Crippen LogP contribution in [-0.2, 0) is 5.60 Å². The summed E-state index contributed by atoms with van der Waals surface area (Å²) in [5, 5.41) is 9.69. The number of aliphatic hydroxyl groups is 1. The topological polar surface area (TPSA) is 20.2 Å². The number of aryl methyl sites for hydroxylation is 1. The van der Waals surface area contributed by atoms with Gasteiger partial charge in [-0.1, -0.05) is 43.7 Å². The summed E-state index contributed by atoms with van der Waals surface area (Å²) in [5.74, 6) is 0. The van der Waals surface area contributed by atoms with Gasteiger partial charge in [-0.15, -0.1) is 0 Å². The Balaban J connectivity index is 0.000000396. The minimum absolute atomic E-state index is 0.465. The van der Waals surface area contributed by atoms with Crippen molar-refractivity contribution in [3.63, 3.8) is 0 Å². The molecule has 0 bridgehead atoms. The molecule has 72 valence electrons. The molecule has 0 aromatic heterocycles. The van der Waals surface area contributed by atoms with Crippen molar-refractivity contribution in [1.29, 1.82) is 0 Å². The first-order chi connectivity index (χ1) is 6.21. The van der Waals surface area contributed by atoms with E-state index >= 15 is 0 Å². The van der Waals surface area contributed by atoms with Crippen molar-refractivity contribution < 1.29 is 5.11 Å². The Morgan fingerprint density at radius 1 is 1.08 bits per heavy atom. The Bertz CT molecular complexity index is 257. The summed E-state index contributed by atoms with van der Waals surface area (Å²) in [6.45, 7) is 6.06. The largest absolute Gasteiger partial charge is 0.385 e. The lowest BCUT2D eigenvalue weighted by Gasteiger charge is -2.06. The zero-order valence-corrected chi connectivity index (χ0v) is 8.67. The van der Waals surface area contributed by atoms with Crippen molar-refractivity contribution in [2.75, 3.05) is 0 Å². The standard InChI is InChI=1S/C10H12O.C2H6/c1-8-2-4-9(5-3-8)10(11)6-7-10;1-2/h2-5,11H,6-7H2,1H3;1-2H3. The quantitative estimate of drug-likeness (QED) is 0.701. The normalized spacial score (nSPS) is 17.2. The molecule has 1 fully saturated rings. The van der Waals surface area contributed by atoms with E-state index in [-0.39, 0.29) is 0 Å². The van der Waals surface area contributed by atoms with Crippen LogP contribution in [0.3, 0.4) is 0 Å². The van der Waals surface area contributed by atoms with Crippen LogP contribution in [0.2, 0.25) is 0 Å². The van der Waals surface area contributed by atoms with Gasteiger partial charge in [0.05, 0.1) is 5.60 Å². The predicted molar refractivity (Wildman–Crippen MR) is 55.7 cm³/mol. The molecular weight excluding hydrogens is 160 g/mol. The molecular formula is C12H18O. The van der Waals surface area contributed by atoms with Crippen LogP contribution in [0.1, 0.15) is 37.8 Å². The van der Waals surface area contributed by atoms with E-state index in [1.165, 1.54) is 5.56 Å². The van der Waals surface area contributed by atoms with E-state index in [2.05, 4.69) is 6.92 Å². The van der Waals surface area contributed by atoms with Gasteiger partial charge in [0.2, 0.25) is 0 Å². The molecule has 1 nitrogen and oxygen atoms in total. The van der Waals surface area contributed by atoms with E-state index in [4.69, 9.17) is 0 Å². The van der Waals surface area contributed by atoms with Gasteiger partial charge in [-0.05, 0) is 25.3 Å². The Morgan fingerprint density at radius 3 is 1.92 bits per heavy atom. The van der Waals surface area contributed by atoms with E-state index in [1.807, 2.05) is 38.1 Å². The van der Waals surface area contributed by atoms with Crippen LogP contribution in [0, 0.1) is 6.92 Å². The van der Waals surface area contributed by atoms with Gasteiger partial charge in [0, 0.05) is 0 Å². The molecule has 1 N–H and O–H groups in total. The Kier molecular flexibility index (Phi) is 3.10. The number of benzene rings is 1. The first-order valence-electron chi connectivity index (χ1n) is 5.00. The molecule has 0 spiro atoms. The second kappa shape index (κ2) is 3.93. The Morgan fingerprint density at radius 2 is 1.54 bits per heavy atom. The third-order valence-corrected chi connectivity index (χ3v) is 2.31. The van der Waals surface area contributed by atoms with Gasteiger partial charge in [-0.3, -0.25) is 0 Å². The van der Waals surface area contributed by atoms with Crippen LogP contribution < -0.4 is 0 Å². The van der Waals surface area contributed by atoms with E-state index in [9.17, 15) is 5.11 Å². The fraction of sp³-hybridized carbons (Fsp3) is 0.500. The highest BCUT2D eigenvalue weighted by Crippen LogP contribution is 2.44. The van der Waals surface area contributed by atoms with Crippen LogP contribution in [0.25, 0.3) is 0 Å². The van der Waals surface area contributed by atoms with E-state index in [0.717, 1.165) is 18.4 Å². The summed E-state index contributed by atoms with van der Waals surface area (Å²) in [7, 11) is 0. The zero-order valence-electron chi connectivity index (χ0n) is 8.67. The van der Waals surface area contributed by atoms with Gasteiger partial charge in [0.15, 0.2) is 0 Å². The summed E-state index contributed by atoms with van der Waals surface area (Å²) in [6, 6.07) is 8.13. The third-order valence-electron chi connectivity index (χ3n) is 2.31. The molecule has 0 heterocycles. The molecule has 1 aromatic rings. The molecule has 13 heavy (non-hydrogen) atoms. The average molecular weight is 178 g/mol. The number of hydrogen-bond donors (Lipinski definition) is 1. The van der Waals surface area contributed by atoms with Crippen LogP contribution in [0.15, 0.2) is 24.3 Å². The van der Waals surface area contributed by atoms with Gasteiger partial charge < -0.3 is 5.11 Å². The molecule has 0 amide bonds. The minimum atomic E-state index is -0.465. The maximum atomic E-state index is 9.69. The van der Waals surface area contributed by atoms with Crippen molar-refractivity contribution >= 4 is 0 Å². The van der Waals surface area contributed by atoms with Crippen LogP contribution in [0.5, 0.6) is 0 Å². The molecule has 0 radical (unpaired) electrons. The summed E-state index contributed by atoms with van der Waals surface area (Å²) in [6.07, 6.45) is 1.85. The van der Waals surface area contributed by atoms with Crippen molar-refractivity contribution in [1.82, 2.24) is 0 Å². The highest BCUT2D eigenvalue weighted by molar-refractivity contribution is 5.29. The lowest BCUT2D eigenvalue weighted by Crippen LogP contribution is -2.03. The molecule has 1 saturated carbocycles.